The monoisotopic (exact) mass is 375 g/mol. The second kappa shape index (κ2) is 8.32. The first kappa shape index (κ1) is 18.9. The Morgan fingerprint density at radius 3 is 2.29 bits per heavy atom. The normalized spacial score (nSPS) is 24.9. The van der Waals surface area contributed by atoms with Crippen LogP contribution in [0.15, 0.2) is 54.6 Å². The fourth-order valence-corrected chi connectivity index (χ4v) is 4.57. The van der Waals surface area contributed by atoms with Gasteiger partial charge in [0.05, 0.1) is 5.57 Å². The molecule has 3 nitrogen and oxygen atoms in total. The molecule has 0 amide bonds. The SMILES string of the molecule is CCc1ccc(/C(=C\c2ccccc2)C(=O)OC2CC3CCC(C2)N3C)cc1. The number of ether oxygens (including phenoxy) is 1. The minimum absolute atomic E-state index is 0.0234. The molecular weight excluding hydrogens is 346 g/mol. The Hall–Kier alpha value is -2.39. The van der Waals surface area contributed by atoms with E-state index in [0.29, 0.717) is 17.7 Å². The van der Waals surface area contributed by atoms with Crippen molar-refractivity contribution < 1.29 is 9.53 Å². The van der Waals surface area contributed by atoms with Crippen LogP contribution in [-0.2, 0) is 16.0 Å². The number of piperidine rings is 1. The average Bonchev–Trinajstić information content (AvgIpc) is 2.93. The molecule has 0 saturated carbocycles. The van der Waals surface area contributed by atoms with Gasteiger partial charge in [-0.3, -0.25) is 0 Å². The summed E-state index contributed by atoms with van der Waals surface area (Å²) >= 11 is 0. The molecule has 2 heterocycles. The van der Waals surface area contributed by atoms with Gasteiger partial charge < -0.3 is 9.64 Å². The minimum Gasteiger partial charge on any atom is -0.459 e. The third-order valence-electron chi connectivity index (χ3n) is 6.33. The third-order valence-corrected chi connectivity index (χ3v) is 6.33. The maximum Gasteiger partial charge on any atom is 0.339 e. The Morgan fingerprint density at radius 1 is 1.04 bits per heavy atom. The van der Waals surface area contributed by atoms with Gasteiger partial charge in [0, 0.05) is 24.9 Å². The molecule has 2 atom stereocenters. The molecule has 2 aliphatic rings. The van der Waals surface area contributed by atoms with Gasteiger partial charge in [0.25, 0.3) is 0 Å². The molecule has 2 aromatic rings. The highest BCUT2D eigenvalue weighted by Crippen LogP contribution is 2.36. The Balaban J connectivity index is 1.57. The van der Waals surface area contributed by atoms with Crippen LogP contribution >= 0.6 is 0 Å². The number of rotatable bonds is 5. The molecule has 2 aliphatic heterocycles. The summed E-state index contributed by atoms with van der Waals surface area (Å²) < 4.78 is 6.03. The van der Waals surface area contributed by atoms with Crippen LogP contribution < -0.4 is 0 Å². The lowest BCUT2D eigenvalue weighted by atomic mass is 9.99. The van der Waals surface area contributed by atoms with Crippen molar-refractivity contribution in [2.75, 3.05) is 7.05 Å². The second-order valence-corrected chi connectivity index (χ2v) is 8.07. The van der Waals surface area contributed by atoms with Crippen molar-refractivity contribution in [1.29, 1.82) is 0 Å². The van der Waals surface area contributed by atoms with Crippen molar-refractivity contribution in [2.45, 2.75) is 57.2 Å². The average molecular weight is 376 g/mol. The first-order valence-corrected chi connectivity index (χ1v) is 10.4. The van der Waals surface area contributed by atoms with Crippen LogP contribution in [0, 0.1) is 0 Å². The predicted octanol–water partition coefficient (Wildman–Crippen LogP) is 4.96. The topological polar surface area (TPSA) is 29.5 Å². The third kappa shape index (κ3) is 4.05. The molecule has 4 rings (SSSR count). The summed E-state index contributed by atoms with van der Waals surface area (Å²) in [6, 6.07) is 19.4. The number of benzene rings is 2. The van der Waals surface area contributed by atoms with E-state index in [-0.39, 0.29) is 12.1 Å². The van der Waals surface area contributed by atoms with Gasteiger partial charge in [-0.15, -0.1) is 0 Å². The summed E-state index contributed by atoms with van der Waals surface area (Å²) in [5.41, 5.74) is 3.84. The molecule has 28 heavy (non-hydrogen) atoms. The van der Waals surface area contributed by atoms with Crippen molar-refractivity contribution in [3.05, 3.63) is 71.3 Å². The van der Waals surface area contributed by atoms with E-state index in [1.54, 1.807) is 0 Å². The lowest BCUT2D eigenvalue weighted by molar-refractivity contribution is -0.144. The van der Waals surface area contributed by atoms with Crippen molar-refractivity contribution in [3.8, 4) is 0 Å². The van der Waals surface area contributed by atoms with Gasteiger partial charge in [-0.05, 0) is 49.1 Å². The molecule has 0 radical (unpaired) electrons. The standard InChI is InChI=1S/C25H29NO2/c1-3-18-9-11-20(12-10-18)24(15-19-7-5-4-6-8-19)25(27)28-23-16-21-13-14-22(17-23)26(21)2/h4-12,15,21-23H,3,13-14,16-17H2,1-2H3/b24-15+. The lowest BCUT2D eigenvalue weighted by Crippen LogP contribution is -2.43. The second-order valence-electron chi connectivity index (χ2n) is 8.07. The highest BCUT2D eigenvalue weighted by molar-refractivity contribution is 6.21. The zero-order chi connectivity index (χ0) is 19.5. The quantitative estimate of drug-likeness (QED) is 0.420. The van der Waals surface area contributed by atoms with Crippen LogP contribution in [-0.4, -0.2) is 36.1 Å². The first-order chi connectivity index (χ1) is 13.6. The van der Waals surface area contributed by atoms with E-state index in [2.05, 4.69) is 31.0 Å². The van der Waals surface area contributed by atoms with Gasteiger partial charge in [-0.2, -0.15) is 0 Å². The molecule has 2 bridgehead atoms. The summed E-state index contributed by atoms with van der Waals surface area (Å²) in [6.45, 7) is 2.14. The van der Waals surface area contributed by atoms with Crippen molar-refractivity contribution in [2.24, 2.45) is 0 Å². The molecule has 2 fully saturated rings. The fourth-order valence-electron chi connectivity index (χ4n) is 4.57. The number of aryl methyl sites for hydroxylation is 1. The van der Waals surface area contributed by atoms with Gasteiger partial charge in [0.15, 0.2) is 0 Å². The molecule has 0 N–H and O–H groups in total. The molecule has 3 heteroatoms. The molecular formula is C25H29NO2. The zero-order valence-electron chi connectivity index (χ0n) is 16.8. The summed E-state index contributed by atoms with van der Waals surface area (Å²) in [5, 5.41) is 0. The molecule has 2 aromatic carbocycles. The molecule has 0 aliphatic carbocycles. The maximum atomic E-state index is 13.2. The number of fused-ring (bicyclic) bond motifs is 2. The van der Waals surface area contributed by atoms with Crippen LogP contribution in [0.4, 0.5) is 0 Å². The van der Waals surface area contributed by atoms with E-state index in [0.717, 1.165) is 30.4 Å². The van der Waals surface area contributed by atoms with E-state index in [1.165, 1.54) is 18.4 Å². The number of esters is 1. The summed E-state index contributed by atoms with van der Waals surface area (Å²) in [4.78, 5) is 15.6. The summed E-state index contributed by atoms with van der Waals surface area (Å²) in [6.07, 6.45) is 7.31. The first-order valence-electron chi connectivity index (χ1n) is 10.4. The van der Waals surface area contributed by atoms with Crippen LogP contribution in [0.2, 0.25) is 0 Å². The Labute approximate surface area is 168 Å². The van der Waals surface area contributed by atoms with E-state index < -0.39 is 0 Å². The number of carbonyl (C=O) groups excluding carboxylic acids is 1. The Bertz CT molecular complexity index is 827. The summed E-state index contributed by atoms with van der Waals surface area (Å²) in [5.74, 6) is -0.206. The van der Waals surface area contributed by atoms with E-state index in [9.17, 15) is 4.79 Å². The van der Waals surface area contributed by atoms with Crippen LogP contribution in [0.5, 0.6) is 0 Å². The number of nitrogens with zero attached hydrogens (tertiary/aromatic N) is 1. The minimum atomic E-state index is -0.206. The van der Waals surface area contributed by atoms with Gasteiger partial charge in [0.2, 0.25) is 0 Å². The van der Waals surface area contributed by atoms with Crippen molar-refractivity contribution in [3.63, 3.8) is 0 Å². The highest BCUT2D eigenvalue weighted by Gasteiger charge is 2.40. The fraction of sp³-hybridized carbons (Fsp3) is 0.400. The lowest BCUT2D eigenvalue weighted by Gasteiger charge is -2.35. The maximum absolute atomic E-state index is 13.2. The van der Waals surface area contributed by atoms with Crippen LogP contribution in [0.1, 0.15) is 49.3 Å². The Kier molecular flexibility index (Phi) is 5.63. The van der Waals surface area contributed by atoms with Gasteiger partial charge in [-0.25, -0.2) is 4.79 Å². The van der Waals surface area contributed by atoms with E-state index >= 15 is 0 Å². The predicted molar refractivity (Wildman–Crippen MR) is 114 cm³/mol. The highest BCUT2D eigenvalue weighted by atomic mass is 16.5. The zero-order valence-corrected chi connectivity index (χ0v) is 16.8. The molecule has 0 spiro atoms. The van der Waals surface area contributed by atoms with Crippen LogP contribution in [0.3, 0.4) is 0 Å². The summed E-state index contributed by atoms with van der Waals surface area (Å²) in [7, 11) is 2.20. The number of carbonyl (C=O) groups is 1. The molecule has 2 saturated heterocycles. The van der Waals surface area contributed by atoms with Crippen molar-refractivity contribution >= 4 is 17.6 Å². The van der Waals surface area contributed by atoms with E-state index in [4.69, 9.17) is 4.74 Å². The van der Waals surface area contributed by atoms with Gasteiger partial charge in [-0.1, -0.05) is 61.5 Å². The van der Waals surface area contributed by atoms with Gasteiger partial charge >= 0.3 is 5.97 Å². The number of hydrogen-bond donors (Lipinski definition) is 0. The van der Waals surface area contributed by atoms with Crippen LogP contribution in [0.25, 0.3) is 11.6 Å². The molecule has 146 valence electrons. The smallest absolute Gasteiger partial charge is 0.339 e. The molecule has 0 aromatic heterocycles. The van der Waals surface area contributed by atoms with Crippen molar-refractivity contribution in [1.82, 2.24) is 4.90 Å². The largest absolute Gasteiger partial charge is 0.459 e. The Morgan fingerprint density at radius 2 is 1.68 bits per heavy atom. The van der Waals surface area contributed by atoms with Gasteiger partial charge in [0.1, 0.15) is 6.10 Å². The van der Waals surface area contributed by atoms with E-state index in [1.807, 2.05) is 48.5 Å². The number of hydrogen-bond acceptors (Lipinski definition) is 3. The molecule has 2 unspecified atom stereocenters.